The normalized spacial score (nSPS) is 12.2. The molecule has 0 atom stereocenters. The Labute approximate surface area is 87.6 Å². The van der Waals surface area contributed by atoms with Crippen LogP contribution in [-0.2, 0) is 20.6 Å². The Balaban J connectivity index is 0. The van der Waals surface area contributed by atoms with Gasteiger partial charge in [0.2, 0.25) is 0 Å². The summed E-state index contributed by atoms with van der Waals surface area (Å²) in [6.07, 6.45) is 0. The Hall–Kier alpha value is 1.04. The zero-order valence-corrected chi connectivity index (χ0v) is 5.48. The first-order valence-electron chi connectivity index (χ1n) is 1.44. The van der Waals surface area contributed by atoms with Crippen LogP contribution in [0.4, 0.5) is 0 Å². The van der Waals surface area contributed by atoms with E-state index in [0.717, 1.165) is 0 Å². The van der Waals surface area contributed by atoms with Crippen molar-refractivity contribution in [3.63, 3.8) is 0 Å². The molecular weight excluding hydrogens is 214 g/mol. The van der Waals surface area contributed by atoms with E-state index in [4.69, 9.17) is 9.11 Å². The topological polar surface area (TPSA) is 121 Å². The Morgan fingerprint density at radius 1 is 0.900 bits per heavy atom. The molecule has 60 valence electrons. The van der Waals surface area contributed by atoms with Crippen molar-refractivity contribution in [1.82, 2.24) is 4.13 Å². The van der Waals surface area contributed by atoms with Gasteiger partial charge in [0.15, 0.2) is 0 Å². The zero-order chi connectivity index (χ0) is 7.71. The molecule has 0 aromatic heterocycles. The molecule has 0 saturated heterocycles. The van der Waals surface area contributed by atoms with Gasteiger partial charge in [-0.15, -0.1) is 0 Å². The van der Waals surface area contributed by atoms with Gasteiger partial charge in [0.05, 0.1) is 0 Å². The molecule has 0 fully saturated rings. The van der Waals surface area contributed by atoms with Crippen molar-refractivity contribution < 1.29 is 25.9 Å². The van der Waals surface area contributed by atoms with Crippen LogP contribution in [0, 0.1) is 0 Å². The van der Waals surface area contributed by atoms with Crippen LogP contribution in [0.3, 0.4) is 0 Å². The Bertz CT molecular complexity index is 241. The average Bonchev–Trinajstić information content (AvgIpc) is 1.14. The van der Waals surface area contributed by atoms with Gasteiger partial charge < -0.3 is 0 Å². The molecule has 7 nitrogen and oxygen atoms in total. The summed E-state index contributed by atoms with van der Waals surface area (Å²) < 4.78 is 54.1. The molecule has 0 radical (unpaired) electrons. The fourth-order valence-corrected chi connectivity index (χ4v) is 1.20. The summed E-state index contributed by atoms with van der Waals surface area (Å²) in [5.41, 5.74) is 0. The maximum atomic E-state index is 9.55. The molecule has 0 heterocycles. The molecule has 0 aliphatic carbocycles. The van der Waals surface area contributed by atoms with Crippen LogP contribution in [0.1, 0.15) is 0 Å². The van der Waals surface area contributed by atoms with Crippen molar-refractivity contribution >= 4 is 58.3 Å². The summed E-state index contributed by atoms with van der Waals surface area (Å²) >= 11 is 0. The zero-order valence-electron chi connectivity index (χ0n) is 3.84. The first-order chi connectivity index (χ1) is 3.71. The SMILES string of the molecule is O=S(=O)(O)NS(=O)(=O)O.[CaH2]. The third-order valence-electron chi connectivity index (χ3n) is 0.211. The van der Waals surface area contributed by atoms with Gasteiger partial charge in [-0.3, -0.25) is 9.11 Å². The van der Waals surface area contributed by atoms with Crippen molar-refractivity contribution in [2.24, 2.45) is 0 Å². The third-order valence-corrected chi connectivity index (χ3v) is 1.90. The minimum absolute atomic E-state index is 0. The maximum absolute atomic E-state index is 9.55. The summed E-state index contributed by atoms with van der Waals surface area (Å²) in [5.74, 6) is 0. The second kappa shape index (κ2) is 4.16. The van der Waals surface area contributed by atoms with Crippen molar-refractivity contribution in [3.05, 3.63) is 0 Å². The molecule has 0 amide bonds. The van der Waals surface area contributed by atoms with E-state index in [1.165, 1.54) is 0 Å². The molecule has 10 heteroatoms. The van der Waals surface area contributed by atoms with E-state index in [2.05, 4.69) is 0 Å². The molecule has 3 N–H and O–H groups in total. The molecule has 0 aliphatic heterocycles. The number of hydrogen-bond donors (Lipinski definition) is 3. The van der Waals surface area contributed by atoms with Crippen LogP contribution in [0.15, 0.2) is 0 Å². The van der Waals surface area contributed by atoms with Gasteiger partial charge in [-0.05, 0) is 0 Å². The van der Waals surface area contributed by atoms with Crippen LogP contribution in [0.2, 0.25) is 0 Å². The number of hydrogen-bond acceptors (Lipinski definition) is 4. The van der Waals surface area contributed by atoms with E-state index < -0.39 is 20.6 Å². The summed E-state index contributed by atoms with van der Waals surface area (Å²) in [6, 6.07) is 0. The van der Waals surface area contributed by atoms with Crippen molar-refractivity contribution in [3.8, 4) is 0 Å². The molecule has 0 aromatic rings. The van der Waals surface area contributed by atoms with E-state index in [1.54, 1.807) is 0 Å². The summed E-state index contributed by atoms with van der Waals surface area (Å²) in [4.78, 5) is 0. The standard InChI is InChI=1S/Ca.H3NO6S2.2H/c;2-8(3,4)1-9(5,6)7;;/h;1H,(H,2,3,4)(H,5,6,7);;. The summed E-state index contributed by atoms with van der Waals surface area (Å²) in [6.45, 7) is 0. The molecule has 0 aliphatic rings. The number of nitrogens with one attached hydrogen (secondary N) is 1. The Morgan fingerprint density at radius 2 is 1.10 bits per heavy atom. The first kappa shape index (κ1) is 13.6. The molecule has 0 unspecified atom stereocenters. The van der Waals surface area contributed by atoms with Gasteiger partial charge in [-0.1, -0.05) is 4.13 Å². The minimum atomic E-state index is -4.87. The van der Waals surface area contributed by atoms with Gasteiger partial charge in [-0.2, -0.15) is 16.8 Å². The molecule has 0 saturated carbocycles. The predicted molar refractivity (Wildman–Crippen MR) is 34.8 cm³/mol. The van der Waals surface area contributed by atoms with Crippen molar-refractivity contribution in [2.45, 2.75) is 0 Å². The fourth-order valence-electron chi connectivity index (χ4n) is 0.133. The molecule has 0 spiro atoms. The van der Waals surface area contributed by atoms with Crippen LogP contribution < -0.4 is 4.13 Å². The van der Waals surface area contributed by atoms with Gasteiger partial charge in [0.1, 0.15) is 0 Å². The average molecular weight is 219 g/mol. The third kappa shape index (κ3) is 11.8. The van der Waals surface area contributed by atoms with E-state index in [0.29, 0.717) is 4.13 Å². The predicted octanol–water partition coefficient (Wildman–Crippen LogP) is -2.73. The van der Waals surface area contributed by atoms with E-state index in [1.807, 2.05) is 0 Å². The molecule has 0 bridgehead atoms. The van der Waals surface area contributed by atoms with Gasteiger partial charge in [-0.25, -0.2) is 0 Å². The molecule has 10 heavy (non-hydrogen) atoms. The van der Waals surface area contributed by atoms with Crippen LogP contribution in [0.25, 0.3) is 0 Å². The monoisotopic (exact) mass is 219 g/mol. The second-order valence-corrected chi connectivity index (χ2v) is 3.60. The summed E-state index contributed by atoms with van der Waals surface area (Å²) in [7, 11) is -9.74. The van der Waals surface area contributed by atoms with E-state index in [-0.39, 0.29) is 37.7 Å². The number of rotatable bonds is 2. The van der Waals surface area contributed by atoms with Gasteiger partial charge in [0, 0.05) is 0 Å². The van der Waals surface area contributed by atoms with Crippen molar-refractivity contribution in [2.75, 3.05) is 0 Å². The van der Waals surface area contributed by atoms with Crippen LogP contribution in [0.5, 0.6) is 0 Å². The summed E-state index contributed by atoms with van der Waals surface area (Å²) in [5, 5.41) is 0. The second-order valence-electron chi connectivity index (χ2n) is 1.03. The van der Waals surface area contributed by atoms with Gasteiger partial charge >= 0.3 is 58.3 Å². The van der Waals surface area contributed by atoms with Crippen LogP contribution >= 0.6 is 0 Å². The van der Waals surface area contributed by atoms with Crippen molar-refractivity contribution in [1.29, 1.82) is 0 Å². The Morgan fingerprint density at radius 3 is 1.10 bits per heavy atom. The molecule has 0 rings (SSSR count). The molecule has 0 aromatic carbocycles. The van der Waals surface area contributed by atoms with Gasteiger partial charge in [0.25, 0.3) is 0 Å². The first-order valence-corrected chi connectivity index (χ1v) is 4.32. The van der Waals surface area contributed by atoms with E-state index in [9.17, 15) is 16.8 Å². The quantitative estimate of drug-likeness (QED) is 0.342. The van der Waals surface area contributed by atoms with E-state index >= 15 is 0 Å². The molecular formula is H5CaNO6S2. The fraction of sp³-hybridized carbons (Fsp3) is 0. The van der Waals surface area contributed by atoms with Crippen LogP contribution in [-0.4, -0.2) is 63.7 Å². The Kier molecular flexibility index (Phi) is 5.67.